The molecule has 0 spiro atoms. The lowest BCUT2D eigenvalue weighted by atomic mass is 10.1. The average Bonchev–Trinajstić information content (AvgIpc) is 2.95. The molecule has 27 heavy (non-hydrogen) atoms. The van der Waals surface area contributed by atoms with E-state index in [0.29, 0.717) is 17.3 Å². The number of aromatic amines is 1. The van der Waals surface area contributed by atoms with Gasteiger partial charge in [-0.05, 0) is 18.9 Å². The van der Waals surface area contributed by atoms with Gasteiger partial charge in [-0.3, -0.25) is 15.1 Å². The maximum absolute atomic E-state index is 13.5. The van der Waals surface area contributed by atoms with Crippen molar-refractivity contribution in [3.05, 3.63) is 41.1 Å². The van der Waals surface area contributed by atoms with Crippen LogP contribution in [0.3, 0.4) is 0 Å². The van der Waals surface area contributed by atoms with Gasteiger partial charge < -0.3 is 10.7 Å². The molecule has 0 radical (unpaired) electrons. The third-order valence-electron chi connectivity index (χ3n) is 4.50. The molecule has 1 aliphatic heterocycles. The van der Waals surface area contributed by atoms with Gasteiger partial charge in [-0.1, -0.05) is 18.5 Å². The van der Waals surface area contributed by atoms with Gasteiger partial charge in [0, 0.05) is 48.7 Å². The molecule has 146 valence electrons. The Bertz CT molecular complexity index is 823. The normalized spacial score (nSPS) is 21.0. The Morgan fingerprint density at radius 2 is 2.52 bits per heavy atom. The number of hydroxylamine groups is 2. The second-order valence-corrected chi connectivity index (χ2v) is 6.79. The molecule has 2 atom stereocenters. The van der Waals surface area contributed by atoms with Crippen molar-refractivity contribution < 1.29 is 9.23 Å². The molecule has 4 N–H and O–H groups in total. The number of allylic oxidation sites excluding steroid dienone is 1. The number of H-pyrrole nitrogens is 1. The Balaban J connectivity index is 1.86. The summed E-state index contributed by atoms with van der Waals surface area (Å²) < 4.78 is 13.5. The molecule has 2 aromatic heterocycles. The highest BCUT2D eigenvalue weighted by Gasteiger charge is 2.22. The summed E-state index contributed by atoms with van der Waals surface area (Å²) in [5, 5.41) is 6.77. The maximum atomic E-state index is 13.5. The van der Waals surface area contributed by atoms with Crippen LogP contribution in [-0.4, -0.2) is 47.0 Å². The molecule has 9 heteroatoms. The Hall–Kier alpha value is -2.00. The molecule has 7 nitrogen and oxygen atoms in total. The largest absolute Gasteiger partial charge is 0.402 e. The standard InChI is InChI=1S/C18H24ClFN6O/c1-2-26-5-3-4-14(11-27-26)25-18(23-9-13(20)7-21)16-10-24-17-15(16)6-12(19)8-22-17/h6-10,14,18,25H,2-5,11,21H2,1H3,(H,22,24)/b13-7+,23-9-. The molecule has 0 bridgehead atoms. The van der Waals surface area contributed by atoms with Crippen molar-refractivity contribution in [2.75, 3.05) is 19.7 Å². The lowest BCUT2D eigenvalue weighted by Gasteiger charge is -2.22. The third kappa shape index (κ3) is 5.04. The number of rotatable bonds is 6. The van der Waals surface area contributed by atoms with Crippen molar-refractivity contribution in [1.82, 2.24) is 20.3 Å². The molecule has 1 fully saturated rings. The highest BCUT2D eigenvalue weighted by molar-refractivity contribution is 6.31. The van der Waals surface area contributed by atoms with E-state index >= 15 is 0 Å². The minimum atomic E-state index is -0.605. The summed E-state index contributed by atoms with van der Waals surface area (Å²) in [6, 6.07) is 1.89. The molecule has 1 aliphatic rings. The molecule has 2 unspecified atom stereocenters. The molecule has 1 saturated heterocycles. The lowest BCUT2D eigenvalue weighted by Crippen LogP contribution is -2.36. The zero-order valence-corrected chi connectivity index (χ0v) is 15.9. The number of nitrogens with zero attached hydrogens (tertiary/aromatic N) is 3. The van der Waals surface area contributed by atoms with Gasteiger partial charge in [0.15, 0.2) is 5.83 Å². The predicted molar refractivity (Wildman–Crippen MR) is 105 cm³/mol. The van der Waals surface area contributed by atoms with Gasteiger partial charge in [0.05, 0.1) is 17.8 Å². The predicted octanol–water partition coefficient (Wildman–Crippen LogP) is 3.06. The van der Waals surface area contributed by atoms with Crippen LogP contribution in [0.25, 0.3) is 11.0 Å². The van der Waals surface area contributed by atoms with Crippen LogP contribution in [-0.2, 0) is 4.84 Å². The highest BCUT2D eigenvalue weighted by Crippen LogP contribution is 2.27. The molecule has 2 aromatic rings. The van der Waals surface area contributed by atoms with Crippen molar-refractivity contribution >= 4 is 28.8 Å². The monoisotopic (exact) mass is 394 g/mol. The number of hydrogen-bond donors (Lipinski definition) is 3. The van der Waals surface area contributed by atoms with E-state index in [2.05, 4.69) is 27.2 Å². The van der Waals surface area contributed by atoms with Crippen molar-refractivity contribution in [2.24, 2.45) is 10.7 Å². The van der Waals surface area contributed by atoms with Crippen LogP contribution in [0.15, 0.2) is 35.5 Å². The van der Waals surface area contributed by atoms with E-state index in [-0.39, 0.29) is 6.04 Å². The summed E-state index contributed by atoms with van der Waals surface area (Å²) in [5.74, 6) is -0.605. The second kappa shape index (κ2) is 9.27. The van der Waals surface area contributed by atoms with Crippen LogP contribution in [0, 0.1) is 0 Å². The Morgan fingerprint density at radius 3 is 3.30 bits per heavy atom. The fourth-order valence-corrected chi connectivity index (χ4v) is 3.25. The number of aromatic nitrogens is 2. The number of nitrogens with one attached hydrogen (secondary N) is 2. The van der Waals surface area contributed by atoms with Crippen molar-refractivity contribution in [2.45, 2.75) is 32.0 Å². The van der Waals surface area contributed by atoms with Crippen LogP contribution >= 0.6 is 11.6 Å². The van der Waals surface area contributed by atoms with Crippen LogP contribution < -0.4 is 11.1 Å². The smallest absolute Gasteiger partial charge is 0.156 e. The van der Waals surface area contributed by atoms with E-state index in [1.54, 1.807) is 6.20 Å². The Kier molecular flexibility index (Phi) is 6.78. The minimum absolute atomic E-state index is 0.0747. The number of pyridine rings is 1. The summed E-state index contributed by atoms with van der Waals surface area (Å²) in [5.41, 5.74) is 6.74. The van der Waals surface area contributed by atoms with Gasteiger partial charge in [0.2, 0.25) is 0 Å². The quantitative estimate of drug-likeness (QED) is 0.655. The number of halogens is 2. The van der Waals surface area contributed by atoms with Crippen molar-refractivity contribution in [3.8, 4) is 0 Å². The molecule has 0 amide bonds. The van der Waals surface area contributed by atoms with E-state index in [4.69, 9.17) is 22.2 Å². The van der Waals surface area contributed by atoms with Gasteiger partial charge in [0.1, 0.15) is 11.8 Å². The Labute approximate surface area is 162 Å². The van der Waals surface area contributed by atoms with E-state index in [0.717, 1.165) is 49.3 Å². The van der Waals surface area contributed by atoms with Gasteiger partial charge >= 0.3 is 0 Å². The molecular formula is C18H24ClFN6O. The van der Waals surface area contributed by atoms with Gasteiger partial charge in [0.25, 0.3) is 0 Å². The number of hydrogen-bond acceptors (Lipinski definition) is 6. The molecule has 3 rings (SSSR count). The fourth-order valence-electron chi connectivity index (χ4n) is 3.09. The van der Waals surface area contributed by atoms with Crippen molar-refractivity contribution in [1.29, 1.82) is 0 Å². The SMILES string of the molecule is CCN1CCCC(NC(/N=C\C(F)=C/N)c2c[nH]c3ncc(Cl)cc23)CO1. The zero-order chi connectivity index (χ0) is 19.2. The topological polar surface area (TPSA) is 91.6 Å². The summed E-state index contributed by atoms with van der Waals surface area (Å²) in [7, 11) is 0. The molecule has 0 saturated carbocycles. The van der Waals surface area contributed by atoms with Crippen LogP contribution in [0.4, 0.5) is 4.39 Å². The summed E-state index contributed by atoms with van der Waals surface area (Å²) in [6.07, 6.45) is 6.81. The van der Waals surface area contributed by atoms with Crippen LogP contribution in [0.2, 0.25) is 5.02 Å². The van der Waals surface area contributed by atoms with E-state index in [1.165, 1.54) is 0 Å². The number of aliphatic imine (C=N–C) groups is 1. The summed E-state index contributed by atoms with van der Waals surface area (Å²) in [6.45, 7) is 4.31. The van der Waals surface area contributed by atoms with Gasteiger partial charge in [-0.15, -0.1) is 0 Å². The number of fused-ring (bicyclic) bond motifs is 1. The number of nitrogens with two attached hydrogens (primary N) is 1. The first-order valence-corrected chi connectivity index (χ1v) is 9.35. The highest BCUT2D eigenvalue weighted by atomic mass is 35.5. The first-order chi connectivity index (χ1) is 13.1. The maximum Gasteiger partial charge on any atom is 0.156 e. The van der Waals surface area contributed by atoms with E-state index < -0.39 is 12.0 Å². The van der Waals surface area contributed by atoms with Gasteiger partial charge in [-0.2, -0.15) is 5.06 Å². The van der Waals surface area contributed by atoms with Crippen molar-refractivity contribution in [3.63, 3.8) is 0 Å². The third-order valence-corrected chi connectivity index (χ3v) is 4.70. The van der Waals surface area contributed by atoms with E-state index in [9.17, 15) is 4.39 Å². The second-order valence-electron chi connectivity index (χ2n) is 6.35. The molecule has 0 aromatic carbocycles. The Morgan fingerprint density at radius 1 is 1.67 bits per heavy atom. The van der Waals surface area contributed by atoms with Crippen LogP contribution in [0.5, 0.6) is 0 Å². The molecule has 0 aliphatic carbocycles. The summed E-state index contributed by atoms with van der Waals surface area (Å²) in [4.78, 5) is 17.6. The fraction of sp³-hybridized carbons (Fsp3) is 0.444. The van der Waals surface area contributed by atoms with Crippen LogP contribution in [0.1, 0.15) is 31.5 Å². The minimum Gasteiger partial charge on any atom is -0.402 e. The average molecular weight is 395 g/mol. The van der Waals surface area contributed by atoms with Gasteiger partial charge in [-0.25, -0.2) is 9.37 Å². The first-order valence-electron chi connectivity index (χ1n) is 8.97. The molecule has 3 heterocycles. The first kappa shape index (κ1) is 19.8. The molecular weight excluding hydrogens is 371 g/mol. The zero-order valence-electron chi connectivity index (χ0n) is 15.2. The van der Waals surface area contributed by atoms with E-state index in [1.807, 2.05) is 17.3 Å². The summed E-state index contributed by atoms with van der Waals surface area (Å²) >= 11 is 6.10. The lowest BCUT2D eigenvalue weighted by molar-refractivity contribution is -0.152.